The van der Waals surface area contributed by atoms with Crippen LogP contribution in [0.1, 0.15) is 337 Å². The first kappa shape index (κ1) is 85.1. The van der Waals surface area contributed by atoms with Crippen LogP contribution in [0.25, 0.3) is 0 Å². The van der Waals surface area contributed by atoms with Crippen molar-refractivity contribution in [3.63, 3.8) is 0 Å². The molecule has 0 fully saturated rings. The van der Waals surface area contributed by atoms with E-state index < -0.39 is 97.5 Å². The first-order valence-electron chi connectivity index (χ1n) is 35.4. The molecule has 87 heavy (non-hydrogen) atoms. The average Bonchev–Trinajstić information content (AvgIpc) is 3.67. The van der Waals surface area contributed by atoms with Crippen LogP contribution in [0.5, 0.6) is 0 Å². The summed E-state index contributed by atoms with van der Waals surface area (Å²) in [5, 5.41) is 10.6. The molecule has 0 rings (SSSR count). The number of aliphatic hydroxyl groups excluding tert-OH is 1. The van der Waals surface area contributed by atoms with Gasteiger partial charge >= 0.3 is 39.5 Å². The lowest BCUT2D eigenvalue weighted by Gasteiger charge is -2.21. The zero-order valence-corrected chi connectivity index (χ0v) is 58.3. The molecule has 17 nitrogen and oxygen atoms in total. The second-order valence-electron chi connectivity index (χ2n) is 25.5. The van der Waals surface area contributed by atoms with Crippen molar-refractivity contribution in [1.82, 2.24) is 0 Å². The molecule has 516 valence electrons. The number of ether oxygens (including phenoxy) is 4. The van der Waals surface area contributed by atoms with E-state index in [0.717, 1.165) is 114 Å². The van der Waals surface area contributed by atoms with E-state index in [0.29, 0.717) is 25.7 Å². The SMILES string of the molecule is CCCCCCCCCCC(=O)OC[C@H](COP(=O)(O)OC[C@H](O)COP(=O)(O)OC[C@@H](COC(=O)CCCCCCCCCCCCC(C)CC)OC(=O)CCCCCCCCCCCCC(C)CC)OC(=O)CCCCCCCCCCC(C)C. The summed E-state index contributed by atoms with van der Waals surface area (Å²) in [5.74, 6) is 0.198. The minimum absolute atomic E-state index is 0.104. The molecule has 0 saturated carbocycles. The molecule has 0 saturated heterocycles. The van der Waals surface area contributed by atoms with E-state index in [9.17, 15) is 43.2 Å². The Hall–Kier alpha value is -1.94. The Morgan fingerprint density at radius 3 is 0.874 bits per heavy atom. The van der Waals surface area contributed by atoms with E-state index >= 15 is 0 Å². The third-order valence-corrected chi connectivity index (χ3v) is 18.3. The maximum atomic E-state index is 13.0. The third kappa shape index (κ3) is 60.1. The lowest BCUT2D eigenvalue weighted by atomic mass is 9.99. The molecule has 0 aromatic rings. The number of hydrogen-bond donors (Lipinski definition) is 3. The van der Waals surface area contributed by atoms with Gasteiger partial charge in [0.1, 0.15) is 19.3 Å². The van der Waals surface area contributed by atoms with E-state index in [1.54, 1.807) is 0 Å². The van der Waals surface area contributed by atoms with Crippen LogP contribution < -0.4 is 0 Å². The van der Waals surface area contributed by atoms with Gasteiger partial charge in [-0.25, -0.2) is 9.13 Å². The van der Waals surface area contributed by atoms with Crippen molar-refractivity contribution < 1.29 is 80.2 Å². The summed E-state index contributed by atoms with van der Waals surface area (Å²) < 4.78 is 68.1. The summed E-state index contributed by atoms with van der Waals surface area (Å²) in [5.41, 5.74) is 0. The summed E-state index contributed by atoms with van der Waals surface area (Å²) in [7, 11) is -9.89. The number of phosphoric ester groups is 2. The van der Waals surface area contributed by atoms with Crippen LogP contribution in [-0.2, 0) is 65.4 Å². The molecule has 0 heterocycles. The maximum Gasteiger partial charge on any atom is 0.472 e. The standard InChI is InChI=1S/C68H132O17P2/c1-8-11-12-13-14-28-35-42-49-65(70)78-55-63(85-68(73)52-45-38-31-24-23-25-32-39-46-59(4)5)57-82-86(74,75)80-53-62(69)54-81-87(76,77)83-58-64(84-67(72)51-44-37-30-22-18-16-20-27-34-41-48-61(7)10-3)56-79-66(71)50-43-36-29-21-17-15-19-26-33-40-47-60(6)9-2/h59-64,69H,8-58H2,1-7H3,(H,74,75)(H,76,77)/t60?,61?,62-,63+,64+/m0/s1. The lowest BCUT2D eigenvalue weighted by molar-refractivity contribution is -0.161. The van der Waals surface area contributed by atoms with Gasteiger partial charge in [0, 0.05) is 25.7 Å². The zero-order valence-electron chi connectivity index (χ0n) is 56.5. The normalized spacial score (nSPS) is 14.9. The highest BCUT2D eigenvalue weighted by Crippen LogP contribution is 2.45. The molecule has 0 amide bonds. The number of carbonyl (C=O) groups excluding carboxylic acids is 4. The average molecular weight is 1280 g/mol. The molecule has 7 atom stereocenters. The predicted molar refractivity (Wildman–Crippen MR) is 349 cm³/mol. The van der Waals surface area contributed by atoms with Crippen LogP contribution in [0.2, 0.25) is 0 Å². The summed E-state index contributed by atoms with van der Waals surface area (Å²) >= 11 is 0. The number of phosphoric acid groups is 2. The van der Waals surface area contributed by atoms with Crippen molar-refractivity contribution in [2.75, 3.05) is 39.6 Å². The second-order valence-corrected chi connectivity index (χ2v) is 28.4. The highest BCUT2D eigenvalue weighted by molar-refractivity contribution is 7.47. The fourth-order valence-electron chi connectivity index (χ4n) is 10.1. The quantitative estimate of drug-likeness (QED) is 0.0222. The third-order valence-electron chi connectivity index (χ3n) is 16.4. The molecule has 0 aromatic heterocycles. The number of rotatable bonds is 66. The van der Waals surface area contributed by atoms with Crippen molar-refractivity contribution >= 4 is 39.5 Å². The van der Waals surface area contributed by atoms with Crippen LogP contribution in [0.4, 0.5) is 0 Å². The summed E-state index contributed by atoms with van der Waals surface area (Å²) in [6.45, 7) is 11.8. The van der Waals surface area contributed by atoms with Gasteiger partial charge in [0.25, 0.3) is 0 Å². The first-order valence-corrected chi connectivity index (χ1v) is 38.4. The van der Waals surface area contributed by atoms with E-state index in [-0.39, 0.29) is 25.7 Å². The van der Waals surface area contributed by atoms with Gasteiger partial charge in [-0.05, 0) is 43.4 Å². The van der Waals surface area contributed by atoms with Gasteiger partial charge in [-0.2, -0.15) is 0 Å². The molecule has 19 heteroatoms. The fraction of sp³-hybridized carbons (Fsp3) is 0.941. The van der Waals surface area contributed by atoms with E-state index in [4.69, 9.17) is 37.0 Å². The summed E-state index contributed by atoms with van der Waals surface area (Å²) in [6, 6.07) is 0. The van der Waals surface area contributed by atoms with Crippen molar-refractivity contribution in [3.8, 4) is 0 Å². The molecule has 4 unspecified atom stereocenters. The molecule has 3 N–H and O–H groups in total. The van der Waals surface area contributed by atoms with Crippen molar-refractivity contribution in [1.29, 1.82) is 0 Å². The number of aliphatic hydroxyl groups is 1. The molecule has 0 bridgehead atoms. The Balaban J connectivity index is 5.25. The minimum atomic E-state index is -4.95. The molecular weight excluding hydrogens is 1150 g/mol. The van der Waals surface area contributed by atoms with Gasteiger partial charge in [-0.1, -0.05) is 286 Å². The second kappa shape index (κ2) is 59.1. The molecule has 0 aromatic carbocycles. The smallest absolute Gasteiger partial charge is 0.462 e. The summed E-state index contributed by atoms with van der Waals surface area (Å²) in [6.07, 6.45) is 41.6. The number of unbranched alkanes of at least 4 members (excludes halogenated alkanes) is 32. The van der Waals surface area contributed by atoms with Crippen LogP contribution >= 0.6 is 15.6 Å². The van der Waals surface area contributed by atoms with E-state index in [2.05, 4.69) is 48.5 Å². The largest absolute Gasteiger partial charge is 0.472 e. The Labute approximate surface area is 530 Å². The highest BCUT2D eigenvalue weighted by atomic mass is 31.2. The van der Waals surface area contributed by atoms with Crippen LogP contribution in [0, 0.1) is 17.8 Å². The Morgan fingerprint density at radius 2 is 0.586 bits per heavy atom. The van der Waals surface area contributed by atoms with Gasteiger partial charge in [0.15, 0.2) is 12.2 Å². The fourth-order valence-corrected chi connectivity index (χ4v) is 11.7. The Bertz CT molecular complexity index is 1720. The van der Waals surface area contributed by atoms with Gasteiger partial charge in [0.05, 0.1) is 26.4 Å². The lowest BCUT2D eigenvalue weighted by Crippen LogP contribution is -2.30. The molecular formula is C68H132O17P2. The van der Waals surface area contributed by atoms with Crippen molar-refractivity contribution in [2.45, 2.75) is 356 Å². The Kier molecular flexibility index (Phi) is 57.8. The monoisotopic (exact) mass is 1280 g/mol. The molecule has 0 aliphatic carbocycles. The zero-order chi connectivity index (χ0) is 64.5. The number of carbonyl (C=O) groups is 4. The topological polar surface area (TPSA) is 237 Å². The predicted octanol–water partition coefficient (Wildman–Crippen LogP) is 19.1. The molecule has 0 radical (unpaired) electrons. The van der Waals surface area contributed by atoms with Gasteiger partial charge < -0.3 is 33.8 Å². The van der Waals surface area contributed by atoms with Crippen molar-refractivity contribution in [2.24, 2.45) is 17.8 Å². The number of esters is 4. The Morgan fingerprint density at radius 1 is 0.333 bits per heavy atom. The van der Waals surface area contributed by atoms with Crippen LogP contribution in [0.15, 0.2) is 0 Å². The van der Waals surface area contributed by atoms with E-state index in [1.165, 1.54) is 141 Å². The van der Waals surface area contributed by atoms with Gasteiger partial charge in [-0.15, -0.1) is 0 Å². The minimum Gasteiger partial charge on any atom is -0.462 e. The van der Waals surface area contributed by atoms with Crippen LogP contribution in [0.3, 0.4) is 0 Å². The van der Waals surface area contributed by atoms with Crippen LogP contribution in [-0.4, -0.2) is 96.7 Å². The first-order chi connectivity index (χ1) is 41.8. The molecule has 0 spiro atoms. The summed E-state index contributed by atoms with van der Waals surface area (Å²) in [4.78, 5) is 72.4. The van der Waals surface area contributed by atoms with E-state index in [1.807, 2.05) is 0 Å². The maximum absolute atomic E-state index is 13.0. The number of hydrogen-bond acceptors (Lipinski definition) is 15. The van der Waals surface area contributed by atoms with Gasteiger partial charge in [0.2, 0.25) is 0 Å². The highest BCUT2D eigenvalue weighted by Gasteiger charge is 2.30. The molecule has 0 aliphatic rings. The molecule has 0 aliphatic heterocycles. The van der Waals surface area contributed by atoms with Gasteiger partial charge in [-0.3, -0.25) is 37.3 Å². The van der Waals surface area contributed by atoms with Crippen molar-refractivity contribution in [3.05, 3.63) is 0 Å².